The third-order valence-electron chi connectivity index (χ3n) is 4.60. The molecular formula is C18H20N6O2. The number of piperazine rings is 1. The zero-order valence-corrected chi connectivity index (χ0v) is 14.6. The fraction of sp³-hybridized carbons (Fsp3) is 0.333. The number of methoxy groups -OCH3 is 1. The first-order valence-electron chi connectivity index (χ1n) is 8.54. The molecule has 3 aromatic rings. The molecule has 0 atom stereocenters. The van der Waals surface area contributed by atoms with Crippen molar-refractivity contribution in [2.45, 2.75) is 0 Å². The van der Waals surface area contributed by atoms with Crippen LogP contribution >= 0.6 is 0 Å². The van der Waals surface area contributed by atoms with Crippen LogP contribution < -0.4 is 4.90 Å². The lowest BCUT2D eigenvalue weighted by atomic mass is 10.2. The normalized spacial score (nSPS) is 15.3. The third kappa shape index (κ3) is 3.11. The number of hydrogen-bond acceptors (Lipinski definition) is 7. The first-order chi connectivity index (χ1) is 12.8. The number of para-hydroxylation sites is 1. The van der Waals surface area contributed by atoms with Crippen molar-refractivity contribution >= 4 is 22.8 Å². The molecule has 0 N–H and O–H groups in total. The summed E-state index contributed by atoms with van der Waals surface area (Å²) in [6, 6.07) is 9.93. The molecule has 3 heterocycles. The Bertz CT molecular complexity index is 902. The minimum atomic E-state index is -0.202. The highest BCUT2D eigenvalue weighted by Crippen LogP contribution is 2.25. The molecule has 134 valence electrons. The smallest absolute Gasteiger partial charge is 0.319 e. The van der Waals surface area contributed by atoms with Crippen LogP contribution in [-0.4, -0.2) is 70.5 Å². The van der Waals surface area contributed by atoms with Crippen molar-refractivity contribution in [3.05, 3.63) is 42.9 Å². The maximum Gasteiger partial charge on any atom is 0.319 e. The van der Waals surface area contributed by atoms with Gasteiger partial charge in [-0.05, 0) is 12.1 Å². The number of ether oxygens (including phenoxy) is 1. The molecule has 1 aliphatic heterocycles. The molecule has 1 aromatic carbocycles. The highest BCUT2D eigenvalue weighted by molar-refractivity contribution is 5.87. The largest absolute Gasteiger partial charge is 0.468 e. The third-order valence-corrected chi connectivity index (χ3v) is 4.60. The highest BCUT2D eigenvalue weighted by atomic mass is 16.5. The lowest BCUT2D eigenvalue weighted by Crippen LogP contribution is -2.48. The molecule has 2 aromatic heterocycles. The predicted molar refractivity (Wildman–Crippen MR) is 97.3 cm³/mol. The Kier molecular flexibility index (Phi) is 4.49. The van der Waals surface area contributed by atoms with Gasteiger partial charge in [0.05, 0.1) is 30.9 Å². The fourth-order valence-corrected chi connectivity index (χ4v) is 3.21. The number of benzene rings is 1. The molecule has 0 aliphatic carbocycles. The van der Waals surface area contributed by atoms with Crippen molar-refractivity contribution in [2.75, 3.05) is 44.7 Å². The first-order valence-corrected chi connectivity index (χ1v) is 8.54. The molecule has 8 nitrogen and oxygen atoms in total. The van der Waals surface area contributed by atoms with Gasteiger partial charge >= 0.3 is 5.97 Å². The van der Waals surface area contributed by atoms with Crippen LogP contribution in [-0.2, 0) is 9.53 Å². The molecule has 1 aliphatic rings. The van der Waals surface area contributed by atoms with Crippen LogP contribution in [0.4, 0.5) is 5.82 Å². The summed E-state index contributed by atoms with van der Waals surface area (Å²) < 4.78 is 6.57. The average Bonchev–Trinajstić information content (AvgIpc) is 3.13. The number of rotatable bonds is 4. The van der Waals surface area contributed by atoms with Gasteiger partial charge in [-0.2, -0.15) is 5.10 Å². The van der Waals surface area contributed by atoms with Crippen molar-refractivity contribution in [3.8, 4) is 5.69 Å². The SMILES string of the molecule is COC(=O)CN1CCN(c2ncnc3c2cnn3-c2ccccc2)CC1. The molecule has 8 heteroatoms. The Hall–Kier alpha value is -3.00. The Balaban J connectivity index is 1.57. The quantitative estimate of drug-likeness (QED) is 0.651. The van der Waals surface area contributed by atoms with E-state index in [1.807, 2.05) is 41.2 Å². The van der Waals surface area contributed by atoms with Gasteiger partial charge < -0.3 is 9.64 Å². The molecule has 26 heavy (non-hydrogen) atoms. The second kappa shape index (κ2) is 7.09. The van der Waals surface area contributed by atoms with Crippen molar-refractivity contribution in [2.24, 2.45) is 0 Å². The van der Waals surface area contributed by atoms with Crippen molar-refractivity contribution < 1.29 is 9.53 Å². The molecule has 4 rings (SSSR count). The Morgan fingerprint density at radius 1 is 1.12 bits per heavy atom. The Morgan fingerprint density at radius 3 is 2.62 bits per heavy atom. The standard InChI is InChI=1S/C18H20N6O2/c1-26-16(25)12-22-7-9-23(10-8-22)17-15-11-21-24(18(15)20-13-19-17)14-5-3-2-4-6-14/h2-6,11,13H,7-10,12H2,1H3. The monoisotopic (exact) mass is 352 g/mol. The van der Waals surface area contributed by atoms with E-state index in [4.69, 9.17) is 4.74 Å². The zero-order valence-electron chi connectivity index (χ0n) is 14.6. The van der Waals surface area contributed by atoms with Crippen LogP contribution in [0.25, 0.3) is 16.7 Å². The van der Waals surface area contributed by atoms with Gasteiger partial charge in [0, 0.05) is 26.2 Å². The molecule has 0 radical (unpaired) electrons. The van der Waals surface area contributed by atoms with Gasteiger partial charge in [-0.25, -0.2) is 14.6 Å². The topological polar surface area (TPSA) is 76.4 Å². The summed E-state index contributed by atoms with van der Waals surface area (Å²) in [7, 11) is 1.42. The number of anilines is 1. The second-order valence-corrected chi connectivity index (χ2v) is 6.17. The molecule has 1 saturated heterocycles. The van der Waals surface area contributed by atoms with E-state index in [1.54, 1.807) is 6.33 Å². The maximum atomic E-state index is 11.4. The van der Waals surface area contributed by atoms with Crippen molar-refractivity contribution in [1.82, 2.24) is 24.6 Å². The van der Waals surface area contributed by atoms with Crippen molar-refractivity contribution in [3.63, 3.8) is 0 Å². The van der Waals surface area contributed by atoms with E-state index in [2.05, 4.69) is 24.9 Å². The van der Waals surface area contributed by atoms with Crippen LogP contribution in [0.1, 0.15) is 0 Å². The minimum absolute atomic E-state index is 0.202. The van der Waals surface area contributed by atoms with Gasteiger partial charge in [0.25, 0.3) is 0 Å². The summed E-state index contributed by atoms with van der Waals surface area (Å²) in [4.78, 5) is 24.7. The van der Waals surface area contributed by atoms with Gasteiger partial charge in [0.15, 0.2) is 5.65 Å². The molecular weight excluding hydrogens is 332 g/mol. The number of fused-ring (bicyclic) bond motifs is 1. The zero-order chi connectivity index (χ0) is 17.9. The first kappa shape index (κ1) is 16.5. The van der Waals surface area contributed by atoms with Crippen LogP contribution in [0, 0.1) is 0 Å². The van der Waals surface area contributed by atoms with Gasteiger partial charge in [0.1, 0.15) is 12.1 Å². The number of carbonyl (C=O) groups excluding carboxylic acids is 1. The van der Waals surface area contributed by atoms with E-state index < -0.39 is 0 Å². The number of hydrogen-bond donors (Lipinski definition) is 0. The summed E-state index contributed by atoms with van der Waals surface area (Å²) in [6.07, 6.45) is 3.40. The molecule has 0 spiro atoms. The van der Waals surface area contributed by atoms with Crippen LogP contribution in [0.5, 0.6) is 0 Å². The average molecular weight is 352 g/mol. The molecule has 0 unspecified atom stereocenters. The lowest BCUT2D eigenvalue weighted by Gasteiger charge is -2.34. The highest BCUT2D eigenvalue weighted by Gasteiger charge is 2.22. The molecule has 0 bridgehead atoms. The van der Waals surface area contributed by atoms with Gasteiger partial charge in [0.2, 0.25) is 0 Å². The summed E-state index contributed by atoms with van der Waals surface area (Å²) >= 11 is 0. The van der Waals surface area contributed by atoms with E-state index in [-0.39, 0.29) is 5.97 Å². The second-order valence-electron chi connectivity index (χ2n) is 6.17. The van der Waals surface area contributed by atoms with E-state index >= 15 is 0 Å². The van der Waals surface area contributed by atoms with Gasteiger partial charge in [-0.15, -0.1) is 0 Å². The van der Waals surface area contributed by atoms with E-state index in [0.29, 0.717) is 6.54 Å². The number of aromatic nitrogens is 4. The maximum absolute atomic E-state index is 11.4. The number of esters is 1. The van der Waals surface area contributed by atoms with Crippen LogP contribution in [0.2, 0.25) is 0 Å². The van der Waals surface area contributed by atoms with Gasteiger partial charge in [-0.1, -0.05) is 18.2 Å². The van der Waals surface area contributed by atoms with Gasteiger partial charge in [-0.3, -0.25) is 9.69 Å². The Morgan fingerprint density at radius 2 is 1.88 bits per heavy atom. The molecule has 1 fully saturated rings. The number of carbonyl (C=O) groups is 1. The van der Waals surface area contributed by atoms with E-state index in [1.165, 1.54) is 7.11 Å². The van der Waals surface area contributed by atoms with Crippen molar-refractivity contribution in [1.29, 1.82) is 0 Å². The Labute approximate surface area is 151 Å². The molecule has 0 saturated carbocycles. The van der Waals surface area contributed by atoms with Crippen LogP contribution in [0.3, 0.4) is 0 Å². The minimum Gasteiger partial charge on any atom is -0.468 e. The van der Waals surface area contributed by atoms with Crippen LogP contribution in [0.15, 0.2) is 42.9 Å². The summed E-state index contributed by atoms with van der Waals surface area (Å²) in [5, 5.41) is 5.43. The van der Waals surface area contributed by atoms with E-state index in [9.17, 15) is 4.79 Å². The fourth-order valence-electron chi connectivity index (χ4n) is 3.21. The lowest BCUT2D eigenvalue weighted by molar-refractivity contribution is -0.142. The summed E-state index contributed by atoms with van der Waals surface area (Å²) in [5.41, 5.74) is 1.76. The summed E-state index contributed by atoms with van der Waals surface area (Å²) in [6.45, 7) is 3.48. The summed E-state index contributed by atoms with van der Waals surface area (Å²) in [5.74, 6) is 0.682. The number of nitrogens with zero attached hydrogens (tertiary/aromatic N) is 6. The predicted octanol–water partition coefficient (Wildman–Crippen LogP) is 1.11. The van der Waals surface area contributed by atoms with E-state index in [0.717, 1.165) is 48.7 Å². The molecule has 0 amide bonds.